The number of Topliss-reactive ketones (excluding diaryl/α,β-unsaturated/α-hetero) is 1. The van der Waals surface area contributed by atoms with Gasteiger partial charge >= 0.3 is 0 Å². The van der Waals surface area contributed by atoms with E-state index in [0.717, 1.165) is 6.29 Å². The highest BCUT2D eigenvalue weighted by molar-refractivity contribution is 5.97. The minimum atomic E-state index is -0.0161. The number of rotatable bonds is 5. The zero-order valence-corrected chi connectivity index (χ0v) is 11.5. The van der Waals surface area contributed by atoms with Gasteiger partial charge in [-0.15, -0.1) is 0 Å². The molecule has 0 radical (unpaired) electrons. The maximum absolute atomic E-state index is 11.8. The first-order chi connectivity index (χ1) is 9.60. The van der Waals surface area contributed by atoms with Crippen LogP contribution in [0.1, 0.15) is 34.6 Å². The fourth-order valence-electron chi connectivity index (χ4n) is 1.77. The highest BCUT2D eigenvalue weighted by Crippen LogP contribution is 2.22. The van der Waals surface area contributed by atoms with Crippen LogP contribution in [0.25, 0.3) is 0 Å². The van der Waals surface area contributed by atoms with Crippen LogP contribution in [0.4, 0.5) is 0 Å². The molecule has 0 N–H and O–H groups in total. The van der Waals surface area contributed by atoms with Crippen molar-refractivity contribution in [1.29, 1.82) is 0 Å². The van der Waals surface area contributed by atoms with Gasteiger partial charge in [0.15, 0.2) is 5.78 Å². The molecule has 0 heterocycles. The summed E-state index contributed by atoms with van der Waals surface area (Å²) in [5.41, 5.74) is 1.29. The molecule has 0 spiro atoms. The summed E-state index contributed by atoms with van der Waals surface area (Å²) in [5.74, 6) is 1.41. The van der Waals surface area contributed by atoms with Crippen LogP contribution in [0.2, 0.25) is 0 Å². The van der Waals surface area contributed by atoms with Gasteiger partial charge in [0.1, 0.15) is 17.8 Å². The second kappa shape index (κ2) is 6.15. The smallest absolute Gasteiger partial charge is 0.165 e. The lowest BCUT2D eigenvalue weighted by atomic mass is 10.0. The molecule has 2 rings (SSSR count). The maximum atomic E-state index is 11.8. The van der Waals surface area contributed by atoms with Gasteiger partial charge in [0.25, 0.3) is 0 Å². The van der Waals surface area contributed by atoms with Crippen molar-refractivity contribution in [2.75, 3.05) is 0 Å². The second-order valence-electron chi connectivity index (χ2n) is 4.83. The number of ketones is 1. The highest BCUT2D eigenvalue weighted by atomic mass is 16.5. The highest BCUT2D eigenvalue weighted by Gasteiger charge is 2.10. The molecule has 0 bridgehead atoms. The van der Waals surface area contributed by atoms with Crippen LogP contribution in [-0.2, 0) is 0 Å². The lowest BCUT2D eigenvalue weighted by Crippen LogP contribution is -2.06. The Morgan fingerprint density at radius 2 is 1.45 bits per heavy atom. The lowest BCUT2D eigenvalue weighted by molar-refractivity contribution is 0.0939. The van der Waals surface area contributed by atoms with Crippen LogP contribution in [-0.4, -0.2) is 12.1 Å². The molecule has 2 aromatic rings. The topological polar surface area (TPSA) is 43.4 Å². The number of carbonyl (C=O) groups is 2. The van der Waals surface area contributed by atoms with E-state index in [0.29, 0.717) is 22.6 Å². The molecule has 2 aromatic carbocycles. The van der Waals surface area contributed by atoms with Crippen LogP contribution >= 0.6 is 0 Å². The third-order valence-corrected chi connectivity index (χ3v) is 2.92. The van der Waals surface area contributed by atoms with Gasteiger partial charge in [0.2, 0.25) is 0 Å². The average Bonchev–Trinajstić information content (AvgIpc) is 2.48. The fourth-order valence-corrected chi connectivity index (χ4v) is 1.77. The molecule has 0 aliphatic rings. The molecule has 3 nitrogen and oxygen atoms in total. The summed E-state index contributed by atoms with van der Waals surface area (Å²) in [6, 6.07) is 13.9. The van der Waals surface area contributed by atoms with E-state index in [1.165, 1.54) is 0 Å². The Morgan fingerprint density at radius 1 is 0.950 bits per heavy atom. The van der Waals surface area contributed by atoms with Gasteiger partial charge in [-0.05, 0) is 48.5 Å². The van der Waals surface area contributed by atoms with Crippen molar-refractivity contribution in [2.24, 2.45) is 5.92 Å². The number of aldehydes is 1. The Morgan fingerprint density at radius 3 is 1.90 bits per heavy atom. The molecular weight excluding hydrogens is 252 g/mol. The predicted molar refractivity (Wildman–Crippen MR) is 77.5 cm³/mol. The molecule has 0 aliphatic heterocycles. The molecule has 0 fully saturated rings. The van der Waals surface area contributed by atoms with E-state index in [1.807, 2.05) is 13.8 Å². The van der Waals surface area contributed by atoms with Gasteiger partial charge in [-0.1, -0.05) is 13.8 Å². The van der Waals surface area contributed by atoms with E-state index < -0.39 is 0 Å². The monoisotopic (exact) mass is 268 g/mol. The summed E-state index contributed by atoms with van der Waals surface area (Å²) in [5, 5.41) is 0. The minimum absolute atomic E-state index is 0.0161. The summed E-state index contributed by atoms with van der Waals surface area (Å²) in [6.45, 7) is 3.75. The van der Waals surface area contributed by atoms with Crippen LogP contribution in [0, 0.1) is 5.92 Å². The van der Waals surface area contributed by atoms with Crippen LogP contribution in [0.3, 0.4) is 0 Å². The van der Waals surface area contributed by atoms with E-state index in [2.05, 4.69) is 0 Å². The largest absolute Gasteiger partial charge is 0.457 e. The molecule has 0 aromatic heterocycles. The van der Waals surface area contributed by atoms with Gasteiger partial charge < -0.3 is 4.74 Å². The Kier molecular flexibility index (Phi) is 4.31. The van der Waals surface area contributed by atoms with E-state index in [4.69, 9.17) is 4.74 Å². The Bertz CT molecular complexity index is 595. The normalized spacial score (nSPS) is 10.3. The Hall–Kier alpha value is -2.42. The van der Waals surface area contributed by atoms with Crippen molar-refractivity contribution in [3.63, 3.8) is 0 Å². The zero-order valence-electron chi connectivity index (χ0n) is 11.5. The first-order valence-corrected chi connectivity index (χ1v) is 6.47. The molecular formula is C17H16O3. The summed E-state index contributed by atoms with van der Waals surface area (Å²) in [6.07, 6.45) is 0.788. The van der Waals surface area contributed by atoms with Crippen molar-refractivity contribution in [2.45, 2.75) is 13.8 Å². The van der Waals surface area contributed by atoms with E-state index in [1.54, 1.807) is 48.5 Å². The maximum Gasteiger partial charge on any atom is 0.165 e. The fraction of sp³-hybridized carbons (Fsp3) is 0.176. The van der Waals surface area contributed by atoms with Gasteiger partial charge in [0.05, 0.1) is 0 Å². The summed E-state index contributed by atoms with van der Waals surface area (Å²) >= 11 is 0. The first-order valence-electron chi connectivity index (χ1n) is 6.47. The van der Waals surface area contributed by atoms with E-state index >= 15 is 0 Å². The third kappa shape index (κ3) is 3.32. The van der Waals surface area contributed by atoms with Crippen molar-refractivity contribution in [3.8, 4) is 11.5 Å². The minimum Gasteiger partial charge on any atom is -0.457 e. The van der Waals surface area contributed by atoms with E-state index in [9.17, 15) is 9.59 Å². The van der Waals surface area contributed by atoms with Gasteiger partial charge in [-0.25, -0.2) is 0 Å². The molecule has 0 saturated carbocycles. The Labute approximate surface area is 118 Å². The van der Waals surface area contributed by atoms with Gasteiger partial charge in [0, 0.05) is 17.0 Å². The molecule has 0 saturated heterocycles. The number of carbonyl (C=O) groups excluding carboxylic acids is 2. The number of hydrogen-bond donors (Lipinski definition) is 0. The lowest BCUT2D eigenvalue weighted by Gasteiger charge is -2.08. The number of ether oxygens (including phenoxy) is 1. The summed E-state index contributed by atoms with van der Waals surface area (Å²) in [7, 11) is 0. The summed E-state index contributed by atoms with van der Waals surface area (Å²) in [4.78, 5) is 22.4. The van der Waals surface area contributed by atoms with Crippen molar-refractivity contribution in [1.82, 2.24) is 0 Å². The van der Waals surface area contributed by atoms with Crippen molar-refractivity contribution < 1.29 is 14.3 Å². The van der Waals surface area contributed by atoms with Crippen LogP contribution in [0.15, 0.2) is 48.5 Å². The zero-order chi connectivity index (χ0) is 14.5. The predicted octanol–water partition coefficient (Wildman–Crippen LogP) is 4.13. The SMILES string of the molecule is CC(C)C(=O)c1ccc(Oc2ccc(C=O)cc2)cc1. The van der Waals surface area contributed by atoms with E-state index in [-0.39, 0.29) is 11.7 Å². The average molecular weight is 268 g/mol. The molecule has 3 heteroatoms. The standard InChI is InChI=1S/C17H16O3/c1-12(2)17(19)14-5-9-16(10-6-14)20-15-7-3-13(11-18)4-8-15/h3-12H,1-2H3. The Balaban J connectivity index is 2.10. The van der Waals surface area contributed by atoms with Crippen molar-refractivity contribution in [3.05, 3.63) is 59.7 Å². The summed E-state index contributed by atoms with van der Waals surface area (Å²) < 4.78 is 5.65. The second-order valence-corrected chi connectivity index (χ2v) is 4.83. The molecule has 0 unspecified atom stereocenters. The number of benzene rings is 2. The van der Waals surface area contributed by atoms with Crippen molar-refractivity contribution >= 4 is 12.1 Å². The first kappa shape index (κ1) is 14.0. The third-order valence-electron chi connectivity index (χ3n) is 2.92. The van der Waals surface area contributed by atoms with Gasteiger partial charge in [-0.3, -0.25) is 9.59 Å². The van der Waals surface area contributed by atoms with Gasteiger partial charge in [-0.2, -0.15) is 0 Å². The molecule has 102 valence electrons. The quantitative estimate of drug-likeness (QED) is 0.605. The number of hydrogen-bond acceptors (Lipinski definition) is 3. The molecule has 0 amide bonds. The molecule has 0 aliphatic carbocycles. The molecule has 20 heavy (non-hydrogen) atoms. The van der Waals surface area contributed by atoms with Crippen LogP contribution < -0.4 is 4.74 Å². The van der Waals surface area contributed by atoms with Crippen LogP contribution in [0.5, 0.6) is 11.5 Å². The molecule has 0 atom stereocenters.